The Bertz CT molecular complexity index is 384. The van der Waals surface area contributed by atoms with Crippen molar-refractivity contribution in [3.8, 4) is 0 Å². The van der Waals surface area contributed by atoms with Crippen molar-refractivity contribution in [2.75, 3.05) is 0 Å². The first kappa shape index (κ1) is 12.3. The normalized spacial score (nSPS) is 16.5. The van der Waals surface area contributed by atoms with Crippen LogP contribution in [0.15, 0.2) is 29.5 Å². The molecule has 1 atom stereocenters. The van der Waals surface area contributed by atoms with E-state index in [-0.39, 0.29) is 5.91 Å². The van der Waals surface area contributed by atoms with Crippen LogP contribution in [-0.4, -0.2) is 22.9 Å². The van der Waals surface area contributed by atoms with Crippen molar-refractivity contribution in [2.45, 2.75) is 37.9 Å². The zero-order chi connectivity index (χ0) is 12.3. The molecular weight excluding hydrogens is 232 g/mol. The largest absolute Gasteiger partial charge is 0.334 e. The van der Waals surface area contributed by atoms with Gasteiger partial charge in [0.25, 0.3) is 0 Å². The molecule has 1 unspecified atom stereocenters. The zero-order valence-corrected chi connectivity index (χ0v) is 10.7. The molecule has 0 spiro atoms. The number of carbonyl (C=O) groups excluding carboxylic acids is 1. The Kier molecular flexibility index (Phi) is 3.97. The SMILES string of the molecule is C=CCC(N)C(=O)N(Cc1ccsc1)C1CC1. The van der Waals surface area contributed by atoms with Gasteiger partial charge in [0.1, 0.15) is 0 Å². The third-order valence-electron chi connectivity index (χ3n) is 2.94. The molecule has 0 radical (unpaired) electrons. The molecule has 0 aromatic carbocycles. The highest BCUT2D eigenvalue weighted by Crippen LogP contribution is 2.29. The molecule has 2 N–H and O–H groups in total. The van der Waals surface area contributed by atoms with Gasteiger partial charge in [-0.05, 0) is 41.7 Å². The second-order valence-corrected chi connectivity index (χ2v) is 5.24. The van der Waals surface area contributed by atoms with E-state index in [1.807, 2.05) is 10.3 Å². The van der Waals surface area contributed by atoms with Crippen LogP contribution in [0.4, 0.5) is 0 Å². The third-order valence-corrected chi connectivity index (χ3v) is 3.67. The van der Waals surface area contributed by atoms with Crippen molar-refractivity contribution in [3.63, 3.8) is 0 Å². The molecule has 1 saturated carbocycles. The molecule has 4 heteroatoms. The average Bonchev–Trinajstić information content (AvgIpc) is 3.03. The number of hydrogen-bond donors (Lipinski definition) is 1. The smallest absolute Gasteiger partial charge is 0.240 e. The predicted molar refractivity (Wildman–Crippen MR) is 70.7 cm³/mol. The molecule has 0 saturated heterocycles. The lowest BCUT2D eigenvalue weighted by Gasteiger charge is -2.25. The van der Waals surface area contributed by atoms with Crippen LogP contribution in [0.25, 0.3) is 0 Å². The molecule has 0 aliphatic heterocycles. The van der Waals surface area contributed by atoms with Crippen LogP contribution in [0.3, 0.4) is 0 Å². The quantitative estimate of drug-likeness (QED) is 0.786. The fourth-order valence-corrected chi connectivity index (χ4v) is 2.51. The first-order chi connectivity index (χ1) is 8.22. The van der Waals surface area contributed by atoms with Gasteiger partial charge in [0, 0.05) is 12.6 Å². The summed E-state index contributed by atoms with van der Waals surface area (Å²) in [5, 5.41) is 4.12. The molecule has 1 fully saturated rings. The summed E-state index contributed by atoms with van der Waals surface area (Å²) < 4.78 is 0. The molecule has 1 aromatic heterocycles. The van der Waals surface area contributed by atoms with E-state index >= 15 is 0 Å². The second kappa shape index (κ2) is 5.47. The predicted octanol–water partition coefficient (Wildman–Crippen LogP) is 2.14. The van der Waals surface area contributed by atoms with E-state index in [9.17, 15) is 4.79 Å². The topological polar surface area (TPSA) is 46.3 Å². The highest BCUT2D eigenvalue weighted by Gasteiger charge is 2.34. The van der Waals surface area contributed by atoms with Gasteiger partial charge in [0.05, 0.1) is 6.04 Å². The van der Waals surface area contributed by atoms with E-state index in [2.05, 4.69) is 18.0 Å². The van der Waals surface area contributed by atoms with Crippen LogP contribution in [0, 0.1) is 0 Å². The highest BCUT2D eigenvalue weighted by molar-refractivity contribution is 7.07. The van der Waals surface area contributed by atoms with Crippen molar-refractivity contribution in [2.24, 2.45) is 5.73 Å². The van der Waals surface area contributed by atoms with Crippen molar-refractivity contribution < 1.29 is 4.79 Å². The maximum Gasteiger partial charge on any atom is 0.240 e. The first-order valence-corrected chi connectivity index (χ1v) is 6.84. The molecule has 1 aliphatic rings. The Hall–Kier alpha value is -1.13. The molecule has 92 valence electrons. The zero-order valence-electron chi connectivity index (χ0n) is 9.84. The lowest BCUT2D eigenvalue weighted by Crippen LogP contribution is -2.44. The summed E-state index contributed by atoms with van der Waals surface area (Å²) in [5.74, 6) is 0.0543. The number of carbonyl (C=O) groups is 1. The molecule has 2 rings (SSSR count). The van der Waals surface area contributed by atoms with Gasteiger partial charge in [-0.3, -0.25) is 4.79 Å². The van der Waals surface area contributed by atoms with Gasteiger partial charge in [-0.1, -0.05) is 6.08 Å². The Labute approximate surface area is 106 Å². The van der Waals surface area contributed by atoms with E-state index in [0.717, 1.165) is 12.8 Å². The van der Waals surface area contributed by atoms with Crippen molar-refractivity contribution >= 4 is 17.2 Å². The Balaban J connectivity index is 2.01. The first-order valence-electron chi connectivity index (χ1n) is 5.90. The Morgan fingerprint density at radius 2 is 2.47 bits per heavy atom. The van der Waals surface area contributed by atoms with Gasteiger partial charge in [0.2, 0.25) is 5.91 Å². The van der Waals surface area contributed by atoms with Crippen LogP contribution in [-0.2, 0) is 11.3 Å². The van der Waals surface area contributed by atoms with Gasteiger partial charge in [-0.15, -0.1) is 6.58 Å². The summed E-state index contributed by atoms with van der Waals surface area (Å²) >= 11 is 1.66. The molecule has 0 bridgehead atoms. The monoisotopic (exact) mass is 250 g/mol. The summed E-state index contributed by atoms with van der Waals surface area (Å²) in [6, 6.07) is 2.02. The van der Waals surface area contributed by atoms with Crippen LogP contribution in [0.2, 0.25) is 0 Å². The minimum atomic E-state index is -0.438. The summed E-state index contributed by atoms with van der Waals surface area (Å²) in [7, 11) is 0. The van der Waals surface area contributed by atoms with Crippen LogP contribution >= 0.6 is 11.3 Å². The number of rotatable bonds is 6. The molecule has 1 aliphatic carbocycles. The number of thiophene rings is 1. The summed E-state index contributed by atoms with van der Waals surface area (Å²) in [6.07, 6.45) is 4.47. The minimum Gasteiger partial charge on any atom is -0.334 e. The summed E-state index contributed by atoms with van der Waals surface area (Å²) in [6.45, 7) is 4.32. The Morgan fingerprint density at radius 3 is 3.00 bits per heavy atom. The Morgan fingerprint density at radius 1 is 1.71 bits per heavy atom. The van der Waals surface area contributed by atoms with E-state index < -0.39 is 6.04 Å². The van der Waals surface area contributed by atoms with E-state index in [1.54, 1.807) is 17.4 Å². The molecule has 1 amide bonds. The molecular formula is C13H18N2OS. The minimum absolute atomic E-state index is 0.0543. The third kappa shape index (κ3) is 3.17. The average molecular weight is 250 g/mol. The van der Waals surface area contributed by atoms with Gasteiger partial charge >= 0.3 is 0 Å². The van der Waals surface area contributed by atoms with Gasteiger partial charge in [-0.25, -0.2) is 0 Å². The highest BCUT2D eigenvalue weighted by atomic mass is 32.1. The number of hydrogen-bond acceptors (Lipinski definition) is 3. The van der Waals surface area contributed by atoms with Crippen molar-refractivity contribution in [1.82, 2.24) is 4.90 Å². The van der Waals surface area contributed by atoms with Gasteiger partial charge in [-0.2, -0.15) is 11.3 Å². The number of amides is 1. The van der Waals surface area contributed by atoms with Gasteiger partial charge in [0.15, 0.2) is 0 Å². The maximum absolute atomic E-state index is 12.2. The summed E-state index contributed by atoms with van der Waals surface area (Å²) in [4.78, 5) is 14.1. The van der Waals surface area contributed by atoms with Crippen LogP contribution in [0.1, 0.15) is 24.8 Å². The fraction of sp³-hybridized carbons (Fsp3) is 0.462. The molecule has 1 heterocycles. The number of nitrogens with two attached hydrogens (primary N) is 1. The molecule has 1 aromatic rings. The standard InChI is InChI=1S/C13H18N2OS/c1-2-3-12(14)13(16)15(11-4-5-11)8-10-6-7-17-9-10/h2,6-7,9,11-12H,1,3-5,8,14H2. The lowest BCUT2D eigenvalue weighted by atomic mass is 10.1. The maximum atomic E-state index is 12.2. The summed E-state index contributed by atoms with van der Waals surface area (Å²) in [5.41, 5.74) is 7.06. The van der Waals surface area contributed by atoms with Crippen LogP contribution in [0.5, 0.6) is 0 Å². The van der Waals surface area contributed by atoms with Gasteiger partial charge < -0.3 is 10.6 Å². The van der Waals surface area contributed by atoms with E-state index in [0.29, 0.717) is 19.0 Å². The molecule has 3 nitrogen and oxygen atoms in total. The van der Waals surface area contributed by atoms with Crippen LogP contribution < -0.4 is 5.73 Å². The fourth-order valence-electron chi connectivity index (χ4n) is 1.85. The number of nitrogens with zero attached hydrogens (tertiary/aromatic N) is 1. The van der Waals surface area contributed by atoms with Crippen molar-refractivity contribution in [1.29, 1.82) is 0 Å². The van der Waals surface area contributed by atoms with Crippen molar-refractivity contribution in [3.05, 3.63) is 35.0 Å². The lowest BCUT2D eigenvalue weighted by molar-refractivity contribution is -0.133. The van der Waals surface area contributed by atoms with E-state index in [4.69, 9.17) is 5.73 Å². The van der Waals surface area contributed by atoms with E-state index in [1.165, 1.54) is 5.56 Å². The second-order valence-electron chi connectivity index (χ2n) is 4.46. The molecule has 17 heavy (non-hydrogen) atoms.